The average molecular weight is 272 g/mol. The molecule has 0 N–H and O–H groups in total. The van der Waals surface area contributed by atoms with Gasteiger partial charge in [-0.1, -0.05) is 39.8 Å². The van der Waals surface area contributed by atoms with E-state index in [-0.39, 0.29) is 0 Å². The van der Waals surface area contributed by atoms with Crippen molar-refractivity contribution in [1.82, 2.24) is 0 Å². The zero-order chi connectivity index (χ0) is 15.0. The molecule has 1 aromatic carbocycles. The van der Waals surface area contributed by atoms with Gasteiger partial charge in [0, 0.05) is 0 Å². The summed E-state index contributed by atoms with van der Waals surface area (Å²) in [7, 11) is 0. The predicted octanol–water partition coefficient (Wildman–Crippen LogP) is 6.03. The molecular weight excluding hydrogens is 240 g/mol. The Balaban J connectivity index is 2.21. The second kappa shape index (κ2) is 5.92. The summed E-state index contributed by atoms with van der Waals surface area (Å²) in [5.41, 5.74) is 5.93. The van der Waals surface area contributed by atoms with E-state index in [4.69, 9.17) is 0 Å². The molecule has 1 saturated carbocycles. The van der Waals surface area contributed by atoms with Gasteiger partial charge in [0.2, 0.25) is 0 Å². The molecule has 1 aliphatic rings. The minimum atomic E-state index is 0.699. The molecule has 0 amide bonds. The maximum atomic E-state index is 2.45. The first-order chi connectivity index (χ1) is 9.31. The molecule has 0 saturated heterocycles. The molecule has 0 radical (unpaired) electrons. The predicted molar refractivity (Wildman–Crippen MR) is 89.3 cm³/mol. The van der Waals surface area contributed by atoms with Crippen molar-refractivity contribution >= 4 is 0 Å². The Morgan fingerprint density at radius 3 is 1.80 bits per heavy atom. The lowest BCUT2D eigenvalue weighted by Crippen LogP contribution is -2.30. The van der Waals surface area contributed by atoms with E-state index in [2.05, 4.69) is 60.6 Å². The van der Waals surface area contributed by atoms with Gasteiger partial charge in [-0.15, -0.1) is 0 Å². The fourth-order valence-corrected chi connectivity index (χ4v) is 4.05. The van der Waals surface area contributed by atoms with Crippen LogP contribution >= 0.6 is 0 Å². The summed E-state index contributed by atoms with van der Waals surface area (Å²) in [6.45, 7) is 16.5. The van der Waals surface area contributed by atoms with E-state index in [1.807, 2.05) is 0 Å². The van der Waals surface area contributed by atoms with E-state index in [1.54, 1.807) is 5.56 Å². The summed E-state index contributed by atoms with van der Waals surface area (Å²) in [6.07, 6.45) is 2.80. The van der Waals surface area contributed by atoms with Crippen LogP contribution in [-0.2, 0) is 0 Å². The molecule has 112 valence electrons. The van der Waals surface area contributed by atoms with Crippen LogP contribution in [0, 0.1) is 44.4 Å². The highest BCUT2D eigenvalue weighted by atomic mass is 14.4. The summed E-state index contributed by atoms with van der Waals surface area (Å²) in [6, 6.07) is 4.86. The van der Waals surface area contributed by atoms with Crippen LogP contribution in [0.2, 0.25) is 0 Å². The van der Waals surface area contributed by atoms with Crippen molar-refractivity contribution in [3.63, 3.8) is 0 Å². The van der Waals surface area contributed by atoms with Gasteiger partial charge in [0.25, 0.3) is 0 Å². The van der Waals surface area contributed by atoms with E-state index < -0.39 is 0 Å². The molecule has 0 aromatic heterocycles. The van der Waals surface area contributed by atoms with Gasteiger partial charge in [-0.25, -0.2) is 0 Å². The van der Waals surface area contributed by atoms with Crippen LogP contribution < -0.4 is 0 Å². The fourth-order valence-electron chi connectivity index (χ4n) is 4.05. The summed E-state index contributed by atoms with van der Waals surface area (Å²) >= 11 is 0. The number of hydrogen-bond donors (Lipinski definition) is 0. The normalized spacial score (nSPS) is 32.1. The molecule has 1 fully saturated rings. The van der Waals surface area contributed by atoms with Crippen molar-refractivity contribution in [2.24, 2.45) is 23.7 Å². The second-order valence-electron chi connectivity index (χ2n) is 7.61. The Bertz CT molecular complexity index is 436. The molecule has 0 heterocycles. The van der Waals surface area contributed by atoms with Crippen molar-refractivity contribution in [2.45, 2.75) is 67.2 Å². The summed E-state index contributed by atoms with van der Waals surface area (Å²) in [5.74, 6) is 4.20. The van der Waals surface area contributed by atoms with Gasteiger partial charge >= 0.3 is 0 Å². The average Bonchev–Trinajstić information content (AvgIpc) is 2.40. The van der Waals surface area contributed by atoms with Crippen LogP contribution in [0.1, 0.15) is 68.7 Å². The summed E-state index contributed by atoms with van der Waals surface area (Å²) in [4.78, 5) is 0. The highest BCUT2D eigenvalue weighted by Crippen LogP contribution is 2.44. The lowest BCUT2D eigenvalue weighted by Gasteiger charge is -2.40. The third-order valence-corrected chi connectivity index (χ3v) is 6.33. The first-order valence-electron chi connectivity index (χ1n) is 8.39. The number of rotatable bonds is 2. The van der Waals surface area contributed by atoms with E-state index in [9.17, 15) is 0 Å². The molecule has 0 nitrogen and oxygen atoms in total. The second-order valence-corrected chi connectivity index (χ2v) is 7.61. The molecule has 0 heteroatoms. The van der Waals surface area contributed by atoms with Gasteiger partial charge in [-0.2, -0.15) is 0 Å². The van der Waals surface area contributed by atoms with Crippen LogP contribution in [0.3, 0.4) is 0 Å². The largest absolute Gasteiger partial charge is 0.0622 e. The fraction of sp³-hybridized carbons (Fsp3) is 0.700. The molecule has 2 rings (SSSR count). The molecule has 1 aromatic rings. The minimum Gasteiger partial charge on any atom is -0.0622 e. The van der Waals surface area contributed by atoms with E-state index >= 15 is 0 Å². The van der Waals surface area contributed by atoms with Gasteiger partial charge in [0.05, 0.1) is 0 Å². The molecule has 3 unspecified atom stereocenters. The monoisotopic (exact) mass is 272 g/mol. The molecule has 3 atom stereocenters. The van der Waals surface area contributed by atoms with Crippen molar-refractivity contribution in [1.29, 1.82) is 0 Å². The van der Waals surface area contributed by atoms with E-state index in [0.29, 0.717) is 5.92 Å². The first kappa shape index (κ1) is 15.6. The smallest absolute Gasteiger partial charge is 0.0162 e. The molecule has 0 spiro atoms. The Morgan fingerprint density at radius 2 is 1.35 bits per heavy atom. The minimum absolute atomic E-state index is 0.699. The van der Waals surface area contributed by atoms with Crippen molar-refractivity contribution in [3.05, 3.63) is 34.4 Å². The Morgan fingerprint density at radius 1 is 0.900 bits per heavy atom. The number of hydrogen-bond acceptors (Lipinski definition) is 0. The Labute approximate surface area is 126 Å². The van der Waals surface area contributed by atoms with Gasteiger partial charge in [0.15, 0.2) is 0 Å². The highest BCUT2D eigenvalue weighted by molar-refractivity contribution is 5.38. The molecular formula is C20H32. The maximum absolute atomic E-state index is 2.45. The van der Waals surface area contributed by atoms with Crippen molar-refractivity contribution in [2.75, 3.05) is 0 Å². The van der Waals surface area contributed by atoms with Gasteiger partial charge in [-0.05, 0) is 85.5 Å². The molecule has 1 aliphatic carbocycles. The quantitative estimate of drug-likeness (QED) is 0.616. The van der Waals surface area contributed by atoms with Crippen LogP contribution in [0.15, 0.2) is 12.1 Å². The Kier molecular flexibility index (Phi) is 4.62. The number of aryl methyl sites for hydroxylation is 2. The topological polar surface area (TPSA) is 0 Å². The van der Waals surface area contributed by atoms with Crippen molar-refractivity contribution in [3.8, 4) is 0 Å². The SMILES string of the molecule is Cc1cc(C(C)C2CC(C)C(C)C(C)C2)cc(C)c1C. The van der Waals surface area contributed by atoms with Crippen LogP contribution in [0.4, 0.5) is 0 Å². The van der Waals surface area contributed by atoms with Crippen LogP contribution in [0.5, 0.6) is 0 Å². The van der Waals surface area contributed by atoms with E-state index in [1.165, 1.54) is 29.5 Å². The number of benzene rings is 1. The molecule has 0 aliphatic heterocycles. The lowest BCUT2D eigenvalue weighted by molar-refractivity contribution is 0.128. The first-order valence-corrected chi connectivity index (χ1v) is 8.39. The van der Waals surface area contributed by atoms with Gasteiger partial charge < -0.3 is 0 Å². The third kappa shape index (κ3) is 2.95. The summed E-state index contributed by atoms with van der Waals surface area (Å²) < 4.78 is 0. The standard InChI is InChI=1S/C20H32/c1-12-8-19(9-13(2)16(12)5)18(7)20-10-14(3)17(6)15(4)11-20/h8-9,14-15,17-18,20H,10-11H2,1-7H3. The molecule has 0 bridgehead atoms. The highest BCUT2D eigenvalue weighted by Gasteiger charge is 2.33. The van der Waals surface area contributed by atoms with Crippen LogP contribution in [-0.4, -0.2) is 0 Å². The molecule has 20 heavy (non-hydrogen) atoms. The Hall–Kier alpha value is -0.780. The van der Waals surface area contributed by atoms with Crippen LogP contribution in [0.25, 0.3) is 0 Å². The van der Waals surface area contributed by atoms with Crippen molar-refractivity contribution < 1.29 is 0 Å². The third-order valence-electron chi connectivity index (χ3n) is 6.33. The zero-order valence-electron chi connectivity index (χ0n) is 14.5. The summed E-state index contributed by atoms with van der Waals surface area (Å²) in [5, 5.41) is 0. The van der Waals surface area contributed by atoms with Gasteiger partial charge in [-0.3, -0.25) is 0 Å². The van der Waals surface area contributed by atoms with E-state index in [0.717, 1.165) is 23.7 Å². The zero-order valence-corrected chi connectivity index (χ0v) is 14.5. The maximum Gasteiger partial charge on any atom is -0.0162 e. The lowest BCUT2D eigenvalue weighted by atomic mass is 9.65. The van der Waals surface area contributed by atoms with Gasteiger partial charge in [0.1, 0.15) is 0 Å².